The zero-order valence-electron chi connectivity index (χ0n) is 13.4. The van der Waals surface area contributed by atoms with Gasteiger partial charge in [-0.1, -0.05) is 75.4 Å². The van der Waals surface area contributed by atoms with E-state index < -0.39 is 0 Å². The quantitative estimate of drug-likeness (QED) is 0.257. The Morgan fingerprint density at radius 3 is 1.86 bits per heavy atom. The first-order valence-electron chi connectivity index (χ1n) is 7.88. The van der Waals surface area contributed by atoms with Crippen molar-refractivity contribution in [3.05, 3.63) is 72.3 Å². The van der Waals surface area contributed by atoms with Crippen molar-refractivity contribution in [3.8, 4) is 0 Å². The maximum atomic E-state index is 2.34. The molecule has 0 heterocycles. The van der Waals surface area contributed by atoms with Crippen molar-refractivity contribution in [3.63, 3.8) is 0 Å². The number of rotatable bonds is 0. The van der Waals surface area contributed by atoms with Gasteiger partial charge in [-0.2, -0.15) is 0 Å². The molecule has 0 aliphatic rings. The predicted octanol–water partition coefficient (Wildman–Crippen LogP) is 6.44. The van der Waals surface area contributed by atoms with Gasteiger partial charge in [0.25, 0.3) is 0 Å². The summed E-state index contributed by atoms with van der Waals surface area (Å²) in [6.45, 7) is 6.80. The molecule has 0 aliphatic carbocycles. The van der Waals surface area contributed by atoms with Gasteiger partial charge in [0.05, 0.1) is 0 Å². The van der Waals surface area contributed by atoms with E-state index in [4.69, 9.17) is 0 Å². The first-order valence-corrected chi connectivity index (χ1v) is 7.88. The molecule has 4 aromatic carbocycles. The average molecular weight is 284 g/mol. The summed E-state index contributed by atoms with van der Waals surface area (Å²) in [6.07, 6.45) is 0. The van der Waals surface area contributed by atoms with E-state index in [0.717, 1.165) is 0 Å². The molecule has 0 spiro atoms. The van der Waals surface area contributed by atoms with Gasteiger partial charge in [-0.3, -0.25) is 0 Å². The molecule has 0 aliphatic heterocycles. The molecule has 0 atom stereocenters. The molecule has 22 heavy (non-hydrogen) atoms. The minimum atomic E-state index is 0.187. The van der Waals surface area contributed by atoms with Crippen molar-refractivity contribution in [1.29, 1.82) is 0 Å². The van der Waals surface area contributed by atoms with Crippen LogP contribution in [0.4, 0.5) is 0 Å². The van der Waals surface area contributed by atoms with E-state index in [0.29, 0.717) is 0 Å². The second-order valence-corrected chi connectivity index (χ2v) is 7.17. The number of hydrogen-bond donors (Lipinski definition) is 0. The molecule has 108 valence electrons. The largest absolute Gasteiger partial charge is 0.0616 e. The Morgan fingerprint density at radius 1 is 0.545 bits per heavy atom. The van der Waals surface area contributed by atoms with E-state index in [2.05, 4.69) is 87.5 Å². The molecule has 4 aromatic rings. The molecule has 0 heteroatoms. The lowest BCUT2D eigenvalue weighted by molar-refractivity contribution is 0.591. The van der Waals surface area contributed by atoms with Gasteiger partial charge >= 0.3 is 0 Å². The Kier molecular flexibility index (Phi) is 2.77. The number of benzene rings is 4. The minimum absolute atomic E-state index is 0.187. The highest BCUT2D eigenvalue weighted by atomic mass is 14.2. The van der Waals surface area contributed by atoms with Gasteiger partial charge in [0.15, 0.2) is 0 Å². The Hall–Kier alpha value is -2.34. The minimum Gasteiger partial charge on any atom is -0.0616 e. The van der Waals surface area contributed by atoms with Gasteiger partial charge in [0, 0.05) is 0 Å². The Bertz CT molecular complexity index is 1000. The van der Waals surface area contributed by atoms with Crippen LogP contribution < -0.4 is 0 Å². The molecule has 0 nitrogen and oxygen atoms in total. The average Bonchev–Trinajstić information content (AvgIpc) is 2.51. The molecule has 0 saturated carbocycles. The summed E-state index contributed by atoms with van der Waals surface area (Å²) in [6, 6.07) is 24.6. The lowest BCUT2D eigenvalue weighted by Gasteiger charge is -2.19. The van der Waals surface area contributed by atoms with Gasteiger partial charge in [-0.05, 0) is 55.4 Å². The highest BCUT2D eigenvalue weighted by Gasteiger charge is 2.14. The molecule has 0 amide bonds. The second-order valence-electron chi connectivity index (χ2n) is 7.17. The van der Waals surface area contributed by atoms with Crippen LogP contribution in [0.3, 0.4) is 0 Å². The van der Waals surface area contributed by atoms with Gasteiger partial charge < -0.3 is 0 Å². The first-order chi connectivity index (χ1) is 10.5. The molecule has 0 saturated heterocycles. The van der Waals surface area contributed by atoms with Crippen molar-refractivity contribution in [2.24, 2.45) is 0 Å². The van der Waals surface area contributed by atoms with Crippen molar-refractivity contribution < 1.29 is 0 Å². The fraction of sp³-hybridized carbons (Fsp3) is 0.182. The van der Waals surface area contributed by atoms with Crippen LogP contribution in [0.5, 0.6) is 0 Å². The fourth-order valence-electron chi connectivity index (χ4n) is 3.22. The van der Waals surface area contributed by atoms with Crippen LogP contribution >= 0.6 is 0 Å². The molecule has 0 fully saturated rings. The molecular weight excluding hydrogens is 264 g/mol. The maximum absolute atomic E-state index is 2.34. The third kappa shape index (κ3) is 2.07. The summed E-state index contributed by atoms with van der Waals surface area (Å²) >= 11 is 0. The molecule has 4 rings (SSSR count). The lowest BCUT2D eigenvalue weighted by atomic mass is 9.85. The van der Waals surface area contributed by atoms with Gasteiger partial charge in [-0.15, -0.1) is 0 Å². The van der Waals surface area contributed by atoms with Crippen LogP contribution in [0.15, 0.2) is 66.7 Å². The molecule has 0 aromatic heterocycles. The van der Waals surface area contributed by atoms with E-state index in [-0.39, 0.29) is 5.41 Å². The van der Waals surface area contributed by atoms with Crippen LogP contribution in [0, 0.1) is 0 Å². The monoisotopic (exact) mass is 284 g/mol. The third-order valence-electron chi connectivity index (χ3n) is 4.57. The van der Waals surface area contributed by atoms with Gasteiger partial charge in [0.2, 0.25) is 0 Å². The molecule has 0 unspecified atom stereocenters. The highest BCUT2D eigenvalue weighted by molar-refractivity contribution is 6.12. The molecule has 0 N–H and O–H groups in total. The fourth-order valence-corrected chi connectivity index (χ4v) is 3.22. The smallest absolute Gasteiger partial charge is 0.00990 e. The topological polar surface area (TPSA) is 0 Å². The summed E-state index contributed by atoms with van der Waals surface area (Å²) in [7, 11) is 0. The first kappa shape index (κ1) is 13.3. The van der Waals surface area contributed by atoms with Crippen LogP contribution in [0.2, 0.25) is 0 Å². The molecule has 0 bridgehead atoms. The Labute approximate surface area is 131 Å². The van der Waals surface area contributed by atoms with Gasteiger partial charge in [0.1, 0.15) is 0 Å². The molecular formula is C22H20. The third-order valence-corrected chi connectivity index (χ3v) is 4.57. The number of fused-ring (bicyclic) bond motifs is 4. The zero-order valence-corrected chi connectivity index (χ0v) is 13.4. The normalized spacial score (nSPS) is 12.3. The second kappa shape index (κ2) is 4.58. The number of hydrogen-bond acceptors (Lipinski definition) is 0. The van der Waals surface area contributed by atoms with Crippen molar-refractivity contribution in [1.82, 2.24) is 0 Å². The van der Waals surface area contributed by atoms with E-state index >= 15 is 0 Å². The van der Waals surface area contributed by atoms with Crippen molar-refractivity contribution in [2.45, 2.75) is 26.2 Å². The summed E-state index contributed by atoms with van der Waals surface area (Å²) in [5.74, 6) is 0. The Balaban J connectivity index is 2.07. The maximum Gasteiger partial charge on any atom is -0.00990 e. The predicted molar refractivity (Wildman–Crippen MR) is 97.7 cm³/mol. The highest BCUT2D eigenvalue weighted by Crippen LogP contribution is 2.32. The van der Waals surface area contributed by atoms with E-state index in [9.17, 15) is 0 Å². The Morgan fingerprint density at radius 2 is 1.18 bits per heavy atom. The van der Waals surface area contributed by atoms with E-state index in [1.165, 1.54) is 37.9 Å². The summed E-state index contributed by atoms with van der Waals surface area (Å²) in [5, 5.41) is 7.95. The van der Waals surface area contributed by atoms with E-state index in [1.54, 1.807) is 0 Å². The van der Waals surface area contributed by atoms with Crippen LogP contribution in [-0.2, 0) is 5.41 Å². The van der Waals surface area contributed by atoms with Crippen LogP contribution in [-0.4, -0.2) is 0 Å². The van der Waals surface area contributed by atoms with Crippen molar-refractivity contribution in [2.75, 3.05) is 0 Å². The summed E-state index contributed by atoms with van der Waals surface area (Å²) < 4.78 is 0. The van der Waals surface area contributed by atoms with E-state index in [1.807, 2.05) is 0 Å². The summed E-state index contributed by atoms with van der Waals surface area (Å²) in [5.41, 5.74) is 1.58. The summed E-state index contributed by atoms with van der Waals surface area (Å²) in [4.78, 5) is 0. The molecule has 0 radical (unpaired) electrons. The van der Waals surface area contributed by atoms with Crippen molar-refractivity contribution >= 4 is 32.3 Å². The lowest BCUT2D eigenvalue weighted by Crippen LogP contribution is -2.10. The zero-order chi connectivity index (χ0) is 15.3. The van der Waals surface area contributed by atoms with Crippen LogP contribution in [0.25, 0.3) is 32.3 Å². The standard InChI is InChI=1S/C22H20/c1-22(2,3)19-10-11-20-18(13-19)9-8-17-12-15-6-4-5-7-16(15)14-21(17)20/h4-14H,1-3H3. The van der Waals surface area contributed by atoms with Gasteiger partial charge in [-0.25, -0.2) is 0 Å². The van der Waals surface area contributed by atoms with Crippen LogP contribution in [0.1, 0.15) is 26.3 Å². The SMILES string of the molecule is CC(C)(C)c1ccc2c(ccc3cc4ccccc4cc32)c1.